The molecule has 0 spiro atoms. The van der Waals surface area contributed by atoms with Crippen LogP contribution in [-0.4, -0.2) is 35.8 Å². The molecule has 1 heterocycles. The van der Waals surface area contributed by atoms with Crippen LogP contribution in [0.25, 0.3) is 0 Å². The molecule has 13 heavy (non-hydrogen) atoms. The van der Waals surface area contributed by atoms with Gasteiger partial charge < -0.3 is 0 Å². The van der Waals surface area contributed by atoms with Gasteiger partial charge in [-0.15, -0.1) is 5.10 Å². The van der Waals surface area contributed by atoms with E-state index in [4.69, 9.17) is 0 Å². The maximum absolute atomic E-state index is 11.7. The Morgan fingerprint density at radius 2 is 2.08 bits per heavy atom. The van der Waals surface area contributed by atoms with E-state index in [1.807, 2.05) is 5.21 Å². The Morgan fingerprint density at radius 3 is 2.46 bits per heavy atom. The summed E-state index contributed by atoms with van der Waals surface area (Å²) in [5.74, 6) is -1.92. The third-order valence-electron chi connectivity index (χ3n) is 1.07. The molecule has 0 saturated carbocycles. The quantitative estimate of drug-likeness (QED) is 0.761. The molecule has 0 bridgehead atoms. The zero-order valence-electron chi connectivity index (χ0n) is 6.04. The number of rotatable bonds is 2. The second kappa shape index (κ2) is 2.98. The molecule has 1 aromatic rings. The van der Waals surface area contributed by atoms with Crippen molar-refractivity contribution in [3.63, 3.8) is 0 Å². The molecule has 1 aromatic heterocycles. The Balaban J connectivity index is 2.93. The molecule has 0 atom stereocenters. The maximum Gasteiger partial charge on any atom is 0.403 e. The number of alkyl halides is 3. The number of hydrogen-bond donors (Lipinski definition) is 1. The van der Waals surface area contributed by atoms with Gasteiger partial charge in [0.05, 0.1) is 6.20 Å². The highest BCUT2D eigenvalue weighted by atomic mass is 32.2. The van der Waals surface area contributed by atoms with Crippen molar-refractivity contribution in [1.82, 2.24) is 15.4 Å². The third-order valence-corrected chi connectivity index (χ3v) is 2.61. The predicted octanol–water partition coefficient (Wildman–Crippen LogP) is 0.141. The van der Waals surface area contributed by atoms with Crippen molar-refractivity contribution in [1.29, 1.82) is 0 Å². The van der Waals surface area contributed by atoms with E-state index in [0.717, 1.165) is 6.20 Å². The molecule has 0 aliphatic rings. The number of nitrogens with one attached hydrogen (secondary N) is 1. The number of hydrogen-bond acceptors (Lipinski definition) is 4. The maximum atomic E-state index is 11.7. The summed E-state index contributed by atoms with van der Waals surface area (Å²) in [5.41, 5.74) is 0. The number of halogens is 3. The lowest BCUT2D eigenvalue weighted by Crippen LogP contribution is -2.23. The van der Waals surface area contributed by atoms with Gasteiger partial charge in [-0.1, -0.05) is 0 Å². The van der Waals surface area contributed by atoms with Crippen molar-refractivity contribution in [2.45, 2.75) is 11.2 Å². The second-order valence-electron chi connectivity index (χ2n) is 2.18. The molecule has 0 aliphatic carbocycles. The van der Waals surface area contributed by atoms with Gasteiger partial charge in [0.1, 0.15) is 0 Å². The van der Waals surface area contributed by atoms with E-state index in [1.165, 1.54) is 0 Å². The van der Waals surface area contributed by atoms with Crippen LogP contribution in [0.1, 0.15) is 0 Å². The minimum Gasteiger partial charge on any atom is -0.222 e. The van der Waals surface area contributed by atoms with Crippen LogP contribution in [-0.2, 0) is 9.84 Å². The molecule has 1 rings (SSSR count). The average Bonchev–Trinajstić information content (AvgIpc) is 2.29. The summed E-state index contributed by atoms with van der Waals surface area (Å²) >= 11 is 0. The normalized spacial score (nSPS) is 13.2. The number of H-pyrrole nitrogens is 1. The van der Waals surface area contributed by atoms with Crippen LogP contribution >= 0.6 is 0 Å². The van der Waals surface area contributed by atoms with E-state index in [-0.39, 0.29) is 0 Å². The van der Waals surface area contributed by atoms with Gasteiger partial charge in [-0.3, -0.25) is 0 Å². The summed E-state index contributed by atoms with van der Waals surface area (Å²) < 4.78 is 56.8. The van der Waals surface area contributed by atoms with Crippen LogP contribution in [0.4, 0.5) is 13.2 Å². The zero-order valence-corrected chi connectivity index (χ0v) is 6.85. The number of sulfone groups is 1. The van der Waals surface area contributed by atoms with Gasteiger partial charge in [0, 0.05) is 0 Å². The summed E-state index contributed by atoms with van der Waals surface area (Å²) in [6.45, 7) is 0. The highest BCUT2D eigenvalue weighted by Crippen LogP contribution is 2.20. The first kappa shape index (κ1) is 9.96. The Labute approximate surface area is 70.9 Å². The summed E-state index contributed by atoms with van der Waals surface area (Å²) in [5, 5.41) is 7.36. The van der Waals surface area contributed by atoms with Crippen LogP contribution in [0.5, 0.6) is 0 Å². The lowest BCUT2D eigenvalue weighted by Gasteiger charge is -2.03. The standard InChI is InChI=1S/C4H4F3N3O2S/c5-4(6,7)2-13(11,12)3-1-8-10-9-3/h1H,2H2,(H,8,9,10). The first-order valence-corrected chi connectivity index (χ1v) is 4.62. The lowest BCUT2D eigenvalue weighted by molar-refractivity contribution is -0.106. The molecule has 0 fully saturated rings. The summed E-state index contributed by atoms with van der Waals surface area (Å²) in [7, 11) is -4.40. The van der Waals surface area contributed by atoms with Crippen LogP contribution in [0.3, 0.4) is 0 Å². The molecular formula is C4H4F3N3O2S. The molecule has 0 amide bonds. The van der Waals surface area contributed by atoms with Gasteiger partial charge in [0.2, 0.25) is 9.84 Å². The monoisotopic (exact) mass is 215 g/mol. The van der Waals surface area contributed by atoms with Crippen LogP contribution < -0.4 is 0 Å². The molecule has 0 aromatic carbocycles. The fourth-order valence-corrected chi connectivity index (χ4v) is 1.60. The lowest BCUT2D eigenvalue weighted by atomic mass is 10.8. The second-order valence-corrected chi connectivity index (χ2v) is 4.12. The highest BCUT2D eigenvalue weighted by Gasteiger charge is 2.37. The SMILES string of the molecule is O=S(=O)(CC(F)(F)F)c1cn[nH]n1. The fourth-order valence-electron chi connectivity index (χ4n) is 0.630. The van der Waals surface area contributed by atoms with Gasteiger partial charge in [0.25, 0.3) is 0 Å². The summed E-state index contributed by atoms with van der Waals surface area (Å²) in [4.78, 5) is 0. The summed E-state index contributed by atoms with van der Waals surface area (Å²) in [6, 6.07) is 0. The smallest absolute Gasteiger partial charge is 0.222 e. The number of aromatic nitrogens is 3. The van der Waals surface area contributed by atoms with Crippen molar-refractivity contribution in [2.75, 3.05) is 5.75 Å². The Kier molecular flexibility index (Phi) is 2.28. The van der Waals surface area contributed by atoms with Crippen molar-refractivity contribution < 1.29 is 21.6 Å². The number of nitrogens with zero attached hydrogens (tertiary/aromatic N) is 2. The van der Waals surface area contributed by atoms with E-state index in [9.17, 15) is 21.6 Å². The predicted molar refractivity (Wildman–Crippen MR) is 34.5 cm³/mol. The van der Waals surface area contributed by atoms with Gasteiger partial charge in [-0.25, -0.2) is 8.42 Å². The van der Waals surface area contributed by atoms with E-state index >= 15 is 0 Å². The molecule has 0 aliphatic heterocycles. The van der Waals surface area contributed by atoms with Gasteiger partial charge in [0.15, 0.2) is 10.8 Å². The Morgan fingerprint density at radius 1 is 1.46 bits per heavy atom. The van der Waals surface area contributed by atoms with E-state index < -0.39 is 26.8 Å². The Bertz CT molecular complexity index is 368. The minimum absolute atomic E-state index is 0.704. The van der Waals surface area contributed by atoms with Crippen LogP contribution in [0.15, 0.2) is 11.2 Å². The Hall–Kier alpha value is -1.12. The average molecular weight is 215 g/mol. The van der Waals surface area contributed by atoms with E-state index in [1.54, 1.807) is 0 Å². The first-order valence-electron chi connectivity index (χ1n) is 2.96. The van der Waals surface area contributed by atoms with Crippen molar-refractivity contribution in [2.24, 2.45) is 0 Å². The first-order chi connectivity index (χ1) is 5.81. The molecule has 1 N–H and O–H groups in total. The van der Waals surface area contributed by atoms with Crippen LogP contribution in [0, 0.1) is 0 Å². The minimum atomic E-state index is -4.77. The molecule has 0 radical (unpaired) electrons. The summed E-state index contributed by atoms with van der Waals surface area (Å²) in [6.07, 6.45) is -4.04. The highest BCUT2D eigenvalue weighted by molar-refractivity contribution is 7.91. The van der Waals surface area contributed by atoms with Gasteiger partial charge >= 0.3 is 6.18 Å². The molecular weight excluding hydrogens is 211 g/mol. The largest absolute Gasteiger partial charge is 0.403 e. The number of aromatic amines is 1. The molecule has 74 valence electrons. The molecule has 0 unspecified atom stereocenters. The fraction of sp³-hybridized carbons (Fsp3) is 0.500. The third kappa shape index (κ3) is 2.68. The van der Waals surface area contributed by atoms with E-state index in [0.29, 0.717) is 0 Å². The molecule has 0 saturated heterocycles. The van der Waals surface area contributed by atoms with Crippen molar-refractivity contribution in [3.8, 4) is 0 Å². The van der Waals surface area contributed by atoms with Crippen molar-refractivity contribution in [3.05, 3.63) is 6.20 Å². The zero-order chi connectivity index (χ0) is 10.1. The van der Waals surface area contributed by atoms with Crippen LogP contribution in [0.2, 0.25) is 0 Å². The van der Waals surface area contributed by atoms with E-state index in [2.05, 4.69) is 10.2 Å². The van der Waals surface area contributed by atoms with Gasteiger partial charge in [-0.2, -0.15) is 23.5 Å². The van der Waals surface area contributed by atoms with Crippen molar-refractivity contribution >= 4 is 9.84 Å². The molecule has 9 heteroatoms. The topological polar surface area (TPSA) is 75.7 Å². The molecule has 5 nitrogen and oxygen atoms in total. The van der Waals surface area contributed by atoms with Gasteiger partial charge in [-0.05, 0) is 0 Å².